The van der Waals surface area contributed by atoms with Gasteiger partial charge in [0.05, 0.1) is 17.3 Å². The van der Waals surface area contributed by atoms with Gasteiger partial charge in [0, 0.05) is 16.5 Å². The molecule has 4 nitrogen and oxygen atoms in total. The lowest BCUT2D eigenvalue weighted by atomic mass is 10.1. The van der Waals surface area contributed by atoms with E-state index in [0.717, 1.165) is 4.47 Å². The minimum absolute atomic E-state index is 0.0184. The summed E-state index contributed by atoms with van der Waals surface area (Å²) in [4.78, 5) is 23.1. The first kappa shape index (κ1) is 18.5. The average molecular weight is 411 g/mol. The molecule has 0 saturated heterocycles. The normalized spacial score (nSPS) is 10.3. The van der Waals surface area contributed by atoms with Gasteiger partial charge in [-0.25, -0.2) is 0 Å². The van der Waals surface area contributed by atoms with Gasteiger partial charge in [-0.15, -0.1) is 0 Å². The molecule has 2 rings (SSSR count). The molecule has 0 aliphatic carbocycles. The van der Waals surface area contributed by atoms with Crippen LogP contribution in [0.1, 0.15) is 30.1 Å². The van der Waals surface area contributed by atoms with Gasteiger partial charge in [0.25, 0.3) is 0 Å². The van der Waals surface area contributed by atoms with Crippen molar-refractivity contribution in [3.8, 4) is 5.75 Å². The molecule has 0 fully saturated rings. The first-order chi connectivity index (χ1) is 11.5. The summed E-state index contributed by atoms with van der Waals surface area (Å²) in [5.41, 5.74) is 1.23. The number of hydrogen-bond acceptors (Lipinski definition) is 3. The number of benzene rings is 2. The van der Waals surface area contributed by atoms with E-state index in [1.165, 1.54) is 6.92 Å². The van der Waals surface area contributed by atoms with Crippen molar-refractivity contribution in [1.82, 2.24) is 0 Å². The largest absolute Gasteiger partial charge is 0.494 e. The highest BCUT2D eigenvalue weighted by molar-refractivity contribution is 9.10. The molecular weight excluding hydrogens is 394 g/mol. The number of halogens is 2. The molecule has 0 unspecified atom stereocenters. The molecule has 2 aromatic carbocycles. The second kappa shape index (κ2) is 8.85. The summed E-state index contributed by atoms with van der Waals surface area (Å²) in [6.07, 6.45) is 0.909. The zero-order valence-electron chi connectivity index (χ0n) is 13.1. The second-order valence-electron chi connectivity index (χ2n) is 5.20. The van der Waals surface area contributed by atoms with Gasteiger partial charge in [-0.2, -0.15) is 0 Å². The molecule has 1 amide bonds. The molecule has 0 spiro atoms. The van der Waals surface area contributed by atoms with Crippen molar-refractivity contribution in [2.75, 3.05) is 11.9 Å². The standard InChI is InChI=1S/C18H17BrClNO3/c1-12(22)13-4-7-15(8-5-13)24-10-2-3-18(23)21-17-9-6-14(19)11-16(17)20/h4-9,11H,2-3,10H2,1H3,(H,21,23). The maximum absolute atomic E-state index is 11.9. The number of hydrogen-bond donors (Lipinski definition) is 1. The summed E-state index contributed by atoms with van der Waals surface area (Å²) < 4.78 is 6.41. The number of rotatable bonds is 7. The van der Waals surface area contributed by atoms with Gasteiger partial charge in [-0.1, -0.05) is 27.5 Å². The number of Topliss-reactive ketones (excluding diaryl/α,β-unsaturated/α-hetero) is 1. The molecule has 0 aromatic heterocycles. The Morgan fingerprint density at radius 2 is 1.88 bits per heavy atom. The van der Waals surface area contributed by atoms with E-state index in [9.17, 15) is 9.59 Å². The predicted molar refractivity (Wildman–Crippen MR) is 99.0 cm³/mol. The molecule has 0 aliphatic rings. The van der Waals surface area contributed by atoms with E-state index in [2.05, 4.69) is 21.2 Å². The zero-order valence-corrected chi connectivity index (χ0v) is 15.5. The third-order valence-electron chi connectivity index (χ3n) is 3.28. The van der Waals surface area contributed by atoms with E-state index in [1.54, 1.807) is 36.4 Å². The summed E-state index contributed by atoms with van der Waals surface area (Å²) in [6.45, 7) is 1.94. The molecule has 0 radical (unpaired) electrons. The van der Waals surface area contributed by atoms with Gasteiger partial charge in [-0.05, 0) is 55.8 Å². The average Bonchev–Trinajstić information content (AvgIpc) is 2.55. The van der Waals surface area contributed by atoms with Gasteiger partial charge in [-0.3, -0.25) is 9.59 Å². The lowest BCUT2D eigenvalue weighted by Crippen LogP contribution is -2.13. The van der Waals surface area contributed by atoms with Gasteiger partial charge in [0.2, 0.25) is 5.91 Å². The smallest absolute Gasteiger partial charge is 0.224 e. The number of nitrogens with one attached hydrogen (secondary N) is 1. The molecule has 0 heterocycles. The molecule has 24 heavy (non-hydrogen) atoms. The number of ether oxygens (including phenoxy) is 1. The maximum Gasteiger partial charge on any atom is 0.224 e. The molecule has 0 aliphatic heterocycles. The van der Waals surface area contributed by atoms with Gasteiger partial charge < -0.3 is 10.1 Å². The third-order valence-corrected chi connectivity index (χ3v) is 4.09. The molecule has 126 valence electrons. The topological polar surface area (TPSA) is 55.4 Å². The van der Waals surface area contributed by atoms with Crippen LogP contribution in [-0.4, -0.2) is 18.3 Å². The lowest BCUT2D eigenvalue weighted by Gasteiger charge is -2.09. The second-order valence-corrected chi connectivity index (χ2v) is 6.53. The fourth-order valence-corrected chi connectivity index (χ4v) is 2.73. The van der Waals surface area contributed by atoms with Crippen LogP contribution >= 0.6 is 27.5 Å². The summed E-state index contributed by atoms with van der Waals surface area (Å²) in [7, 11) is 0. The SMILES string of the molecule is CC(=O)c1ccc(OCCCC(=O)Nc2ccc(Br)cc2Cl)cc1. The fraction of sp³-hybridized carbons (Fsp3) is 0.222. The minimum atomic E-state index is -0.116. The Labute approximate surface area is 154 Å². The highest BCUT2D eigenvalue weighted by Gasteiger charge is 2.06. The minimum Gasteiger partial charge on any atom is -0.494 e. The molecule has 0 bridgehead atoms. The molecule has 1 N–H and O–H groups in total. The van der Waals surface area contributed by atoms with Crippen LogP contribution in [-0.2, 0) is 4.79 Å². The van der Waals surface area contributed by atoms with Crippen molar-refractivity contribution < 1.29 is 14.3 Å². The number of amides is 1. The van der Waals surface area contributed by atoms with Crippen LogP contribution in [0.4, 0.5) is 5.69 Å². The molecule has 0 atom stereocenters. The Kier molecular flexibility index (Phi) is 6.82. The number of ketones is 1. The van der Waals surface area contributed by atoms with Crippen LogP contribution in [0.5, 0.6) is 5.75 Å². The third kappa shape index (κ3) is 5.65. The van der Waals surface area contributed by atoms with Gasteiger partial charge >= 0.3 is 0 Å². The predicted octanol–water partition coefficient (Wildman–Crippen LogP) is 5.10. The molecular formula is C18H17BrClNO3. The van der Waals surface area contributed by atoms with Crippen molar-refractivity contribution in [1.29, 1.82) is 0 Å². The van der Waals surface area contributed by atoms with Crippen LogP contribution < -0.4 is 10.1 Å². The number of carbonyl (C=O) groups excluding carboxylic acids is 2. The van der Waals surface area contributed by atoms with Crippen LogP contribution in [0.3, 0.4) is 0 Å². The summed E-state index contributed by atoms with van der Waals surface area (Å²) in [5, 5.41) is 3.26. The van der Waals surface area contributed by atoms with Crippen molar-refractivity contribution in [2.24, 2.45) is 0 Å². The Bertz CT molecular complexity index is 732. The Balaban J connectivity index is 1.73. The van der Waals surface area contributed by atoms with Gasteiger partial charge in [0.15, 0.2) is 5.78 Å². The first-order valence-corrected chi connectivity index (χ1v) is 8.61. The van der Waals surface area contributed by atoms with Crippen molar-refractivity contribution in [3.63, 3.8) is 0 Å². The highest BCUT2D eigenvalue weighted by Crippen LogP contribution is 2.25. The summed E-state index contributed by atoms with van der Waals surface area (Å²) in [5.74, 6) is 0.580. The van der Waals surface area contributed by atoms with E-state index in [4.69, 9.17) is 16.3 Å². The maximum atomic E-state index is 11.9. The highest BCUT2D eigenvalue weighted by atomic mass is 79.9. The van der Waals surface area contributed by atoms with Gasteiger partial charge in [0.1, 0.15) is 5.75 Å². The number of carbonyl (C=O) groups is 2. The first-order valence-electron chi connectivity index (χ1n) is 7.44. The Morgan fingerprint density at radius 1 is 1.17 bits per heavy atom. The summed E-state index contributed by atoms with van der Waals surface area (Å²) in [6, 6.07) is 12.2. The van der Waals surface area contributed by atoms with Crippen LogP contribution in [0, 0.1) is 0 Å². The molecule has 2 aromatic rings. The van der Waals surface area contributed by atoms with Crippen molar-refractivity contribution in [3.05, 3.63) is 57.5 Å². The quantitative estimate of drug-likeness (QED) is 0.510. The summed E-state index contributed by atoms with van der Waals surface area (Å²) >= 11 is 9.37. The van der Waals surface area contributed by atoms with E-state index in [0.29, 0.717) is 41.5 Å². The Hall–Kier alpha value is -1.85. The van der Waals surface area contributed by atoms with Crippen LogP contribution in [0.15, 0.2) is 46.9 Å². The van der Waals surface area contributed by atoms with E-state index >= 15 is 0 Å². The van der Waals surface area contributed by atoms with E-state index in [1.807, 2.05) is 6.07 Å². The molecule has 0 saturated carbocycles. The lowest BCUT2D eigenvalue weighted by molar-refractivity contribution is -0.116. The van der Waals surface area contributed by atoms with Crippen molar-refractivity contribution >= 4 is 44.9 Å². The Morgan fingerprint density at radius 3 is 2.50 bits per heavy atom. The monoisotopic (exact) mass is 409 g/mol. The zero-order chi connectivity index (χ0) is 17.5. The van der Waals surface area contributed by atoms with Crippen molar-refractivity contribution in [2.45, 2.75) is 19.8 Å². The fourth-order valence-electron chi connectivity index (χ4n) is 2.01. The van der Waals surface area contributed by atoms with E-state index < -0.39 is 0 Å². The number of anilines is 1. The van der Waals surface area contributed by atoms with Crippen LogP contribution in [0.2, 0.25) is 5.02 Å². The molecule has 6 heteroatoms. The van der Waals surface area contributed by atoms with Crippen LogP contribution in [0.25, 0.3) is 0 Å². The van der Waals surface area contributed by atoms with E-state index in [-0.39, 0.29) is 11.7 Å².